The second kappa shape index (κ2) is 11.3. The molecule has 1 aliphatic rings. The molecule has 6 nitrogen and oxygen atoms in total. The summed E-state index contributed by atoms with van der Waals surface area (Å²) in [5.74, 6) is 0.146. The highest BCUT2D eigenvalue weighted by Crippen LogP contribution is 2.34. The Hall–Kier alpha value is -2.86. The van der Waals surface area contributed by atoms with E-state index in [1.165, 1.54) is 5.70 Å². The van der Waals surface area contributed by atoms with Crippen LogP contribution >= 0.6 is 0 Å². The zero-order chi connectivity index (χ0) is 25.9. The van der Waals surface area contributed by atoms with Gasteiger partial charge in [-0.25, -0.2) is 0 Å². The Morgan fingerprint density at radius 3 is 2.43 bits per heavy atom. The van der Waals surface area contributed by atoms with Gasteiger partial charge in [-0.15, -0.1) is 0 Å². The molecule has 0 radical (unpaired) electrons. The van der Waals surface area contributed by atoms with Gasteiger partial charge in [0.05, 0.1) is 0 Å². The predicted molar refractivity (Wildman–Crippen MR) is 145 cm³/mol. The second-order valence-electron chi connectivity index (χ2n) is 10.3. The largest absolute Gasteiger partial charge is 0.348 e. The first kappa shape index (κ1) is 26.7. The summed E-state index contributed by atoms with van der Waals surface area (Å²) in [5.41, 5.74) is 7.38. The fraction of sp³-hybridized carbons (Fsp3) is 0.517. The summed E-state index contributed by atoms with van der Waals surface area (Å²) in [7, 11) is 4.29. The maximum absolute atomic E-state index is 13.4. The van der Waals surface area contributed by atoms with Crippen LogP contribution in [0, 0.1) is 20.8 Å². The summed E-state index contributed by atoms with van der Waals surface area (Å²) in [6.07, 6.45) is 5.57. The van der Waals surface area contributed by atoms with Crippen LogP contribution in [-0.4, -0.2) is 42.5 Å². The Kier molecular flexibility index (Phi) is 8.60. The molecule has 0 spiro atoms. The van der Waals surface area contributed by atoms with Crippen molar-refractivity contribution in [3.63, 3.8) is 0 Å². The molecule has 1 atom stereocenters. The molecule has 1 aromatic heterocycles. The number of hydrogen-bond acceptors (Lipinski definition) is 4. The fourth-order valence-electron chi connectivity index (χ4n) is 4.98. The van der Waals surface area contributed by atoms with Gasteiger partial charge in [0.1, 0.15) is 0 Å². The predicted octanol–water partition coefficient (Wildman–Crippen LogP) is 5.18. The summed E-state index contributed by atoms with van der Waals surface area (Å²) in [5, 5.41) is 3.01. The van der Waals surface area contributed by atoms with Crippen LogP contribution in [0.15, 0.2) is 34.8 Å². The van der Waals surface area contributed by atoms with E-state index in [2.05, 4.69) is 67.1 Å². The third-order valence-corrected chi connectivity index (χ3v) is 7.28. The van der Waals surface area contributed by atoms with E-state index in [9.17, 15) is 9.59 Å². The van der Waals surface area contributed by atoms with Crippen LogP contribution in [0.25, 0.3) is 0 Å². The van der Waals surface area contributed by atoms with Gasteiger partial charge in [0.25, 0.3) is 11.5 Å². The maximum Gasteiger partial charge on any atom is 0.253 e. The lowest BCUT2D eigenvalue weighted by atomic mass is 9.93. The van der Waals surface area contributed by atoms with Crippen LogP contribution in [0.1, 0.15) is 84.3 Å². The molecule has 0 fully saturated rings. The number of hydrogen-bond donors (Lipinski definition) is 2. The van der Waals surface area contributed by atoms with Gasteiger partial charge in [-0.2, -0.15) is 0 Å². The topological polar surface area (TPSA) is 68.4 Å². The summed E-state index contributed by atoms with van der Waals surface area (Å²) in [6.45, 7) is 13.3. The molecule has 6 heteroatoms. The minimum Gasteiger partial charge on any atom is -0.348 e. The van der Waals surface area contributed by atoms with Gasteiger partial charge in [-0.3, -0.25) is 9.59 Å². The highest BCUT2D eigenvalue weighted by atomic mass is 16.1. The van der Waals surface area contributed by atoms with Crippen molar-refractivity contribution >= 4 is 11.6 Å². The lowest BCUT2D eigenvalue weighted by Crippen LogP contribution is -2.33. The van der Waals surface area contributed by atoms with Gasteiger partial charge in [0, 0.05) is 47.3 Å². The molecule has 2 aromatic rings. The van der Waals surface area contributed by atoms with Crippen molar-refractivity contribution in [2.45, 2.75) is 79.3 Å². The van der Waals surface area contributed by atoms with Gasteiger partial charge in [-0.1, -0.05) is 19.9 Å². The minimum absolute atomic E-state index is 0.145. The lowest BCUT2D eigenvalue weighted by Gasteiger charge is -2.34. The van der Waals surface area contributed by atoms with Crippen molar-refractivity contribution in [3.8, 4) is 0 Å². The molecule has 1 heterocycles. The van der Waals surface area contributed by atoms with Crippen molar-refractivity contribution in [1.29, 1.82) is 0 Å². The van der Waals surface area contributed by atoms with Crippen LogP contribution in [0.3, 0.4) is 0 Å². The number of H-pyrrole nitrogens is 1. The average Bonchev–Trinajstić information content (AvgIpc) is 2.79. The molecule has 2 N–H and O–H groups in total. The highest BCUT2D eigenvalue weighted by Gasteiger charge is 2.23. The second-order valence-corrected chi connectivity index (χ2v) is 10.3. The van der Waals surface area contributed by atoms with Gasteiger partial charge >= 0.3 is 0 Å². The zero-order valence-electron chi connectivity index (χ0n) is 22.7. The highest BCUT2D eigenvalue weighted by molar-refractivity contribution is 5.97. The molecule has 1 aliphatic carbocycles. The van der Waals surface area contributed by atoms with E-state index in [-0.39, 0.29) is 18.0 Å². The normalized spacial score (nSPS) is 15.9. The number of nitrogens with zero attached hydrogens (tertiary/aromatic N) is 2. The zero-order valence-corrected chi connectivity index (χ0v) is 22.7. The quantitative estimate of drug-likeness (QED) is 0.549. The lowest BCUT2D eigenvalue weighted by molar-refractivity contribution is 0.0950. The van der Waals surface area contributed by atoms with Crippen molar-refractivity contribution in [2.75, 3.05) is 25.5 Å². The van der Waals surface area contributed by atoms with Crippen LogP contribution in [0.5, 0.6) is 0 Å². The minimum atomic E-state index is -0.146. The van der Waals surface area contributed by atoms with E-state index in [1.54, 1.807) is 0 Å². The molecule has 0 bridgehead atoms. The SMILES string of the molecule is CCN(C1=CCC(N(C)C)CC1)c1cc(C(C)C)cc(C(=O)NCc2c(C)cc(C)[nH]c2=O)c1C. The number of carbonyl (C=O) groups excluding carboxylic acids is 1. The number of pyridine rings is 1. The Balaban J connectivity index is 1.94. The van der Waals surface area contributed by atoms with E-state index >= 15 is 0 Å². The Morgan fingerprint density at radius 1 is 1.17 bits per heavy atom. The smallest absolute Gasteiger partial charge is 0.253 e. The van der Waals surface area contributed by atoms with Crippen molar-refractivity contribution in [1.82, 2.24) is 15.2 Å². The molecule has 1 unspecified atom stereocenters. The van der Waals surface area contributed by atoms with E-state index in [4.69, 9.17) is 0 Å². The van der Waals surface area contributed by atoms with Crippen molar-refractivity contribution in [3.05, 3.63) is 73.8 Å². The Labute approximate surface area is 210 Å². The maximum atomic E-state index is 13.4. The number of nitrogens with one attached hydrogen (secondary N) is 2. The van der Waals surface area contributed by atoms with Crippen molar-refractivity contribution < 1.29 is 4.79 Å². The number of aromatic amines is 1. The van der Waals surface area contributed by atoms with Gasteiger partial charge in [0.15, 0.2) is 0 Å². The summed E-state index contributed by atoms with van der Waals surface area (Å²) in [4.78, 5) is 33.3. The van der Waals surface area contributed by atoms with Crippen molar-refractivity contribution in [2.24, 2.45) is 0 Å². The number of aryl methyl sites for hydroxylation is 2. The number of rotatable bonds is 8. The Bertz CT molecular complexity index is 1160. The van der Waals surface area contributed by atoms with Crippen LogP contribution in [-0.2, 0) is 6.54 Å². The summed E-state index contributed by atoms with van der Waals surface area (Å²) < 4.78 is 0. The third-order valence-electron chi connectivity index (χ3n) is 7.28. The van der Waals surface area contributed by atoms with Gasteiger partial charge in [0.2, 0.25) is 0 Å². The molecule has 0 aliphatic heterocycles. The molecule has 1 amide bonds. The molecule has 0 saturated carbocycles. The van der Waals surface area contributed by atoms with E-state index in [0.29, 0.717) is 23.1 Å². The third kappa shape index (κ3) is 6.04. The van der Waals surface area contributed by atoms with E-state index in [0.717, 1.165) is 53.9 Å². The number of carbonyl (C=O) groups is 1. The molecule has 1 aromatic carbocycles. The average molecular weight is 479 g/mol. The molecule has 35 heavy (non-hydrogen) atoms. The van der Waals surface area contributed by atoms with Gasteiger partial charge in [-0.05, 0) is 102 Å². The summed E-state index contributed by atoms with van der Waals surface area (Å²) >= 11 is 0. The van der Waals surface area contributed by atoms with E-state index in [1.807, 2.05) is 32.9 Å². The molecular formula is C29H42N4O2. The standard InChI is InChI=1S/C29H42N4O2/c1-9-33(24-12-10-23(11-13-24)32(7)8)27-16-22(18(2)3)15-25(21(27)6)28(34)30-17-26-19(4)14-20(5)31-29(26)35/h12,14-16,18,23H,9-11,13,17H2,1-8H3,(H,30,34)(H,31,35). The fourth-order valence-corrected chi connectivity index (χ4v) is 4.98. The Morgan fingerprint density at radius 2 is 1.89 bits per heavy atom. The van der Waals surface area contributed by atoms with E-state index < -0.39 is 0 Å². The monoisotopic (exact) mass is 478 g/mol. The molecular weight excluding hydrogens is 436 g/mol. The van der Waals surface area contributed by atoms with Crippen LogP contribution in [0.2, 0.25) is 0 Å². The molecule has 0 saturated heterocycles. The molecule has 190 valence electrons. The molecule has 3 rings (SSSR count). The summed E-state index contributed by atoms with van der Waals surface area (Å²) in [6, 6.07) is 6.77. The first-order valence-corrected chi connectivity index (χ1v) is 12.8. The first-order valence-electron chi connectivity index (χ1n) is 12.8. The number of aromatic nitrogens is 1. The number of allylic oxidation sites excluding steroid dienone is 1. The number of benzene rings is 1. The number of anilines is 1. The van der Waals surface area contributed by atoms with Crippen LogP contribution < -0.4 is 15.8 Å². The first-order chi connectivity index (χ1) is 16.5. The van der Waals surface area contributed by atoms with Crippen LogP contribution in [0.4, 0.5) is 5.69 Å². The number of amides is 1. The van der Waals surface area contributed by atoms with Gasteiger partial charge < -0.3 is 20.1 Å².